The molecule has 3 aromatic rings. The fourth-order valence-corrected chi connectivity index (χ4v) is 3.30. The number of nitrogens with zero attached hydrogens (tertiary/aromatic N) is 4. The van der Waals surface area contributed by atoms with Crippen LogP contribution in [0.15, 0.2) is 24.3 Å². The van der Waals surface area contributed by atoms with E-state index in [1.807, 2.05) is 6.07 Å². The molecule has 0 bridgehead atoms. The smallest absolute Gasteiger partial charge is 0.335 e. The molecule has 1 N–H and O–H groups in total. The minimum atomic E-state index is -0.935. The number of rotatable bonds is 3. The van der Waals surface area contributed by atoms with Gasteiger partial charge in [0, 0.05) is 11.5 Å². The predicted molar refractivity (Wildman–Crippen MR) is 77.6 cm³/mol. The second-order valence-corrected chi connectivity index (χ2v) is 6.13. The van der Waals surface area contributed by atoms with Gasteiger partial charge in [0.15, 0.2) is 5.82 Å². The summed E-state index contributed by atoms with van der Waals surface area (Å²) in [5.41, 5.74) is 1.06. The second-order valence-electron chi connectivity index (χ2n) is 5.17. The molecule has 6 nitrogen and oxygen atoms in total. The molecule has 0 aliphatic heterocycles. The van der Waals surface area contributed by atoms with Crippen molar-refractivity contribution in [2.45, 2.75) is 25.2 Å². The summed E-state index contributed by atoms with van der Waals surface area (Å²) in [7, 11) is 0. The summed E-state index contributed by atoms with van der Waals surface area (Å²) in [5, 5.41) is 22.8. The summed E-state index contributed by atoms with van der Waals surface area (Å²) >= 11 is 1.43. The van der Waals surface area contributed by atoms with Crippen LogP contribution < -0.4 is 0 Å². The maximum absolute atomic E-state index is 11.1. The molecule has 2 aromatic heterocycles. The zero-order valence-electron chi connectivity index (χ0n) is 11.1. The van der Waals surface area contributed by atoms with E-state index >= 15 is 0 Å². The molecule has 1 aliphatic rings. The average Bonchev–Trinajstić information content (AvgIpc) is 2.99. The SMILES string of the molecule is O=C(O)c1cccc(-c2nn3c(C4CCC4)nnc3s2)c1. The van der Waals surface area contributed by atoms with E-state index in [-0.39, 0.29) is 5.56 Å². The van der Waals surface area contributed by atoms with Crippen LogP contribution in [-0.2, 0) is 0 Å². The number of carboxylic acids is 1. The number of hydrogen-bond donors (Lipinski definition) is 1. The minimum absolute atomic E-state index is 0.262. The fraction of sp³-hybridized carbons (Fsp3) is 0.286. The Hall–Kier alpha value is -2.28. The molecule has 21 heavy (non-hydrogen) atoms. The van der Waals surface area contributed by atoms with Gasteiger partial charge in [-0.1, -0.05) is 29.9 Å². The van der Waals surface area contributed by atoms with E-state index in [0.717, 1.165) is 34.2 Å². The van der Waals surface area contributed by atoms with Crippen LogP contribution in [0.4, 0.5) is 0 Å². The molecule has 0 amide bonds. The lowest BCUT2D eigenvalue weighted by atomic mass is 9.85. The van der Waals surface area contributed by atoms with Crippen LogP contribution in [0.3, 0.4) is 0 Å². The maximum atomic E-state index is 11.1. The van der Waals surface area contributed by atoms with Crippen LogP contribution >= 0.6 is 11.3 Å². The van der Waals surface area contributed by atoms with E-state index in [4.69, 9.17) is 5.11 Å². The van der Waals surface area contributed by atoms with Gasteiger partial charge in [0.05, 0.1) is 5.56 Å². The summed E-state index contributed by atoms with van der Waals surface area (Å²) in [6, 6.07) is 6.80. The van der Waals surface area contributed by atoms with Crippen molar-refractivity contribution >= 4 is 22.3 Å². The van der Waals surface area contributed by atoms with Gasteiger partial charge in [0.2, 0.25) is 4.96 Å². The summed E-state index contributed by atoms with van der Waals surface area (Å²) in [6.07, 6.45) is 3.52. The molecule has 0 atom stereocenters. The molecule has 0 saturated heterocycles. The fourth-order valence-electron chi connectivity index (χ4n) is 2.46. The zero-order chi connectivity index (χ0) is 14.4. The topological polar surface area (TPSA) is 80.4 Å². The standard InChI is InChI=1S/C14H12N4O2S/c19-13(20)10-6-2-5-9(7-10)12-17-18-11(8-3-1-4-8)15-16-14(18)21-12/h2,5-8H,1,3-4H2,(H,19,20). The van der Waals surface area contributed by atoms with Gasteiger partial charge in [0.25, 0.3) is 0 Å². The zero-order valence-corrected chi connectivity index (χ0v) is 11.9. The molecule has 106 valence electrons. The Bertz CT molecular complexity index is 834. The third-order valence-electron chi connectivity index (χ3n) is 3.84. The Morgan fingerprint density at radius 1 is 1.33 bits per heavy atom. The van der Waals surface area contributed by atoms with E-state index in [9.17, 15) is 4.79 Å². The number of aromatic carboxylic acids is 1. The van der Waals surface area contributed by atoms with Gasteiger partial charge < -0.3 is 5.11 Å². The third-order valence-corrected chi connectivity index (χ3v) is 4.79. The molecule has 2 heterocycles. The van der Waals surface area contributed by atoms with Gasteiger partial charge in [-0.25, -0.2) is 4.79 Å². The molecule has 4 rings (SSSR count). The lowest BCUT2D eigenvalue weighted by Crippen LogP contribution is -2.12. The Morgan fingerprint density at radius 2 is 2.19 bits per heavy atom. The summed E-state index contributed by atoms with van der Waals surface area (Å²) in [5.74, 6) is 0.448. The normalized spacial score (nSPS) is 15.2. The quantitative estimate of drug-likeness (QED) is 0.804. The van der Waals surface area contributed by atoms with Crippen LogP contribution in [0.1, 0.15) is 41.4 Å². The number of hydrogen-bond acceptors (Lipinski definition) is 5. The van der Waals surface area contributed by atoms with Gasteiger partial charge in [-0.05, 0) is 25.0 Å². The number of benzene rings is 1. The summed E-state index contributed by atoms with van der Waals surface area (Å²) < 4.78 is 1.80. The molecule has 1 aromatic carbocycles. The molecule has 7 heteroatoms. The first kappa shape index (κ1) is 12.5. The number of fused-ring (bicyclic) bond motifs is 1. The van der Waals surface area contributed by atoms with Crippen LogP contribution in [0.25, 0.3) is 15.5 Å². The first-order valence-corrected chi connectivity index (χ1v) is 7.60. The highest BCUT2D eigenvalue weighted by Crippen LogP contribution is 2.36. The van der Waals surface area contributed by atoms with Gasteiger partial charge in [-0.15, -0.1) is 10.2 Å². The first-order valence-electron chi connectivity index (χ1n) is 6.78. The van der Waals surface area contributed by atoms with Crippen molar-refractivity contribution in [1.29, 1.82) is 0 Å². The van der Waals surface area contributed by atoms with Crippen molar-refractivity contribution in [3.05, 3.63) is 35.7 Å². The third kappa shape index (κ3) is 2.01. The molecule has 1 saturated carbocycles. The average molecular weight is 300 g/mol. The van der Waals surface area contributed by atoms with Crippen molar-refractivity contribution in [1.82, 2.24) is 19.8 Å². The molecular formula is C14H12N4O2S. The first-order chi connectivity index (χ1) is 10.2. The van der Waals surface area contributed by atoms with E-state index in [1.54, 1.807) is 22.7 Å². The van der Waals surface area contributed by atoms with Crippen molar-refractivity contribution in [3.63, 3.8) is 0 Å². The molecule has 0 unspecified atom stereocenters. The lowest BCUT2D eigenvalue weighted by Gasteiger charge is -2.22. The lowest BCUT2D eigenvalue weighted by molar-refractivity contribution is 0.0697. The highest BCUT2D eigenvalue weighted by Gasteiger charge is 2.26. The van der Waals surface area contributed by atoms with Crippen molar-refractivity contribution in [2.24, 2.45) is 0 Å². The van der Waals surface area contributed by atoms with Crippen LogP contribution in [-0.4, -0.2) is 30.9 Å². The van der Waals surface area contributed by atoms with Crippen molar-refractivity contribution < 1.29 is 9.90 Å². The molecule has 0 radical (unpaired) electrons. The highest BCUT2D eigenvalue weighted by atomic mass is 32.1. The van der Waals surface area contributed by atoms with Crippen LogP contribution in [0, 0.1) is 0 Å². The number of carbonyl (C=O) groups is 1. The van der Waals surface area contributed by atoms with Crippen LogP contribution in [0.2, 0.25) is 0 Å². The van der Waals surface area contributed by atoms with E-state index < -0.39 is 5.97 Å². The number of carboxylic acid groups (broad SMARTS) is 1. The highest BCUT2D eigenvalue weighted by molar-refractivity contribution is 7.19. The number of aromatic nitrogens is 4. The van der Waals surface area contributed by atoms with E-state index in [0.29, 0.717) is 5.92 Å². The maximum Gasteiger partial charge on any atom is 0.335 e. The van der Waals surface area contributed by atoms with E-state index in [2.05, 4.69) is 15.3 Å². The summed E-state index contributed by atoms with van der Waals surface area (Å²) in [6.45, 7) is 0. The minimum Gasteiger partial charge on any atom is -0.478 e. The van der Waals surface area contributed by atoms with Crippen molar-refractivity contribution in [3.8, 4) is 10.6 Å². The molecule has 0 spiro atoms. The largest absolute Gasteiger partial charge is 0.478 e. The van der Waals surface area contributed by atoms with Gasteiger partial charge in [-0.2, -0.15) is 9.61 Å². The molecule has 1 aliphatic carbocycles. The Balaban J connectivity index is 1.78. The Morgan fingerprint density at radius 3 is 2.90 bits per heavy atom. The van der Waals surface area contributed by atoms with Gasteiger partial charge in [-0.3, -0.25) is 0 Å². The van der Waals surface area contributed by atoms with Crippen molar-refractivity contribution in [2.75, 3.05) is 0 Å². The Labute approximate surface area is 124 Å². The monoisotopic (exact) mass is 300 g/mol. The molecule has 1 fully saturated rings. The predicted octanol–water partition coefficient (Wildman–Crippen LogP) is 2.82. The second kappa shape index (κ2) is 4.63. The van der Waals surface area contributed by atoms with E-state index in [1.165, 1.54) is 17.8 Å². The van der Waals surface area contributed by atoms with Crippen LogP contribution in [0.5, 0.6) is 0 Å². The van der Waals surface area contributed by atoms with Gasteiger partial charge in [0.1, 0.15) is 5.01 Å². The van der Waals surface area contributed by atoms with Gasteiger partial charge >= 0.3 is 5.97 Å². The molecular weight excluding hydrogens is 288 g/mol. The summed E-state index contributed by atoms with van der Waals surface area (Å²) in [4.78, 5) is 11.8. The Kier molecular flexibility index (Phi) is 2.75.